The first-order valence-corrected chi connectivity index (χ1v) is 7.76. The van der Waals surface area contributed by atoms with Crippen LogP contribution < -0.4 is 5.73 Å². The average molecular weight is 334 g/mol. The molecule has 0 radical (unpaired) electrons. The molecule has 1 aromatic rings. The van der Waals surface area contributed by atoms with E-state index in [1.807, 2.05) is 0 Å². The third kappa shape index (κ3) is 5.19. The number of hydrogen-bond donors (Lipinski definition) is 1. The van der Waals surface area contributed by atoms with Crippen LogP contribution in [0.3, 0.4) is 0 Å². The molecule has 0 aliphatic heterocycles. The van der Waals surface area contributed by atoms with Crippen LogP contribution in [0.25, 0.3) is 0 Å². The first-order chi connectivity index (χ1) is 9.07. The van der Waals surface area contributed by atoms with Gasteiger partial charge in [-0.1, -0.05) is 51.5 Å². The molecule has 19 heavy (non-hydrogen) atoms. The molecule has 0 saturated carbocycles. The zero-order valence-corrected chi connectivity index (χ0v) is 13.0. The zero-order chi connectivity index (χ0) is 14.3. The van der Waals surface area contributed by atoms with Gasteiger partial charge in [0.1, 0.15) is 0 Å². The topological polar surface area (TPSA) is 26.0 Å². The maximum absolute atomic E-state index is 13.4. The van der Waals surface area contributed by atoms with Crippen molar-refractivity contribution in [2.75, 3.05) is 0 Å². The molecule has 0 aromatic heterocycles. The Bertz CT molecular complexity index is 396. The molecule has 108 valence electrons. The minimum absolute atomic E-state index is 0.158. The summed E-state index contributed by atoms with van der Waals surface area (Å²) in [6, 6.07) is 2.46. The van der Waals surface area contributed by atoms with Crippen LogP contribution in [0, 0.1) is 11.6 Å². The minimum Gasteiger partial charge on any atom is -0.324 e. The number of benzene rings is 1. The Morgan fingerprint density at radius 2 is 1.74 bits per heavy atom. The molecule has 0 fully saturated rings. The summed E-state index contributed by atoms with van der Waals surface area (Å²) in [7, 11) is 0. The van der Waals surface area contributed by atoms with E-state index in [1.54, 1.807) is 6.07 Å². The lowest BCUT2D eigenvalue weighted by atomic mass is 10.00. The van der Waals surface area contributed by atoms with E-state index < -0.39 is 11.6 Å². The summed E-state index contributed by atoms with van der Waals surface area (Å²) in [4.78, 5) is 0. The first-order valence-electron chi connectivity index (χ1n) is 6.96. The van der Waals surface area contributed by atoms with Crippen molar-refractivity contribution in [1.82, 2.24) is 0 Å². The van der Waals surface area contributed by atoms with Crippen LogP contribution in [0.5, 0.6) is 0 Å². The number of hydrogen-bond acceptors (Lipinski definition) is 1. The summed E-state index contributed by atoms with van der Waals surface area (Å²) in [5, 5.41) is 0. The van der Waals surface area contributed by atoms with Gasteiger partial charge in [0.05, 0.1) is 4.47 Å². The Kier molecular flexibility index (Phi) is 7.54. The highest BCUT2D eigenvalue weighted by molar-refractivity contribution is 9.10. The van der Waals surface area contributed by atoms with Gasteiger partial charge in [0.25, 0.3) is 0 Å². The molecule has 0 saturated heterocycles. The lowest BCUT2D eigenvalue weighted by Crippen LogP contribution is -2.12. The molecule has 0 aliphatic rings. The molecule has 0 bridgehead atoms. The smallest absolute Gasteiger partial charge is 0.173 e. The predicted octanol–water partition coefficient (Wildman–Crippen LogP) is 5.48. The van der Waals surface area contributed by atoms with Gasteiger partial charge < -0.3 is 5.73 Å². The van der Waals surface area contributed by atoms with Crippen molar-refractivity contribution in [2.24, 2.45) is 5.73 Å². The molecule has 1 atom stereocenters. The highest BCUT2D eigenvalue weighted by Gasteiger charge is 2.15. The lowest BCUT2D eigenvalue weighted by molar-refractivity contribution is 0.495. The monoisotopic (exact) mass is 333 g/mol. The van der Waals surface area contributed by atoms with Gasteiger partial charge in [-0.3, -0.25) is 0 Å². The van der Waals surface area contributed by atoms with Gasteiger partial charge in [0.15, 0.2) is 11.6 Å². The highest BCUT2D eigenvalue weighted by atomic mass is 79.9. The van der Waals surface area contributed by atoms with Crippen LogP contribution in [0.1, 0.15) is 63.5 Å². The number of unbranched alkanes of at least 4 members (excludes halogenated alkanes) is 5. The molecule has 1 nitrogen and oxygen atoms in total. The van der Waals surface area contributed by atoms with Crippen molar-refractivity contribution in [3.63, 3.8) is 0 Å². The third-order valence-corrected chi connectivity index (χ3v) is 4.14. The van der Waals surface area contributed by atoms with Gasteiger partial charge in [-0.25, -0.2) is 8.78 Å². The van der Waals surface area contributed by atoms with E-state index in [-0.39, 0.29) is 10.5 Å². The molecule has 1 rings (SSSR count). The molecule has 0 aliphatic carbocycles. The van der Waals surface area contributed by atoms with Crippen molar-refractivity contribution < 1.29 is 8.78 Å². The van der Waals surface area contributed by atoms with Crippen LogP contribution in [0.4, 0.5) is 8.78 Å². The molecule has 0 amide bonds. The second-order valence-corrected chi connectivity index (χ2v) is 5.72. The lowest BCUT2D eigenvalue weighted by Gasteiger charge is -2.14. The van der Waals surface area contributed by atoms with E-state index in [1.165, 1.54) is 25.7 Å². The van der Waals surface area contributed by atoms with Crippen molar-refractivity contribution >= 4 is 15.9 Å². The SMILES string of the molecule is CCCCCCCCC(N)c1ccc(F)c(F)c1Br. The van der Waals surface area contributed by atoms with Crippen LogP contribution in [0.2, 0.25) is 0 Å². The van der Waals surface area contributed by atoms with Crippen molar-refractivity contribution in [1.29, 1.82) is 0 Å². The van der Waals surface area contributed by atoms with E-state index in [0.717, 1.165) is 25.3 Å². The average Bonchev–Trinajstić information content (AvgIpc) is 2.40. The first kappa shape index (κ1) is 16.6. The summed E-state index contributed by atoms with van der Waals surface area (Å²) in [6.07, 6.45) is 7.98. The van der Waals surface area contributed by atoms with Gasteiger partial charge in [-0.15, -0.1) is 0 Å². The van der Waals surface area contributed by atoms with Gasteiger partial charge in [0.2, 0.25) is 0 Å². The fraction of sp³-hybridized carbons (Fsp3) is 0.600. The van der Waals surface area contributed by atoms with Gasteiger partial charge >= 0.3 is 0 Å². The Morgan fingerprint density at radius 3 is 2.42 bits per heavy atom. The normalized spacial score (nSPS) is 12.7. The zero-order valence-electron chi connectivity index (χ0n) is 11.4. The van der Waals surface area contributed by atoms with E-state index in [0.29, 0.717) is 5.56 Å². The quantitative estimate of drug-likeness (QED) is 0.494. The Labute approximate surface area is 122 Å². The molecule has 1 aromatic carbocycles. The standard InChI is InChI=1S/C15H22BrF2N/c1-2-3-4-5-6-7-8-13(19)11-9-10-12(17)15(18)14(11)16/h9-10,13H,2-8,19H2,1H3. The molecule has 0 heterocycles. The molecule has 1 unspecified atom stereocenters. The van der Waals surface area contributed by atoms with Crippen molar-refractivity contribution in [2.45, 2.75) is 57.9 Å². The second-order valence-electron chi connectivity index (χ2n) is 4.93. The summed E-state index contributed by atoms with van der Waals surface area (Å²) >= 11 is 3.08. The fourth-order valence-electron chi connectivity index (χ4n) is 2.13. The second kappa shape index (κ2) is 8.64. The minimum atomic E-state index is -0.851. The van der Waals surface area contributed by atoms with Crippen molar-refractivity contribution in [3.8, 4) is 0 Å². The molecule has 4 heteroatoms. The molecule has 2 N–H and O–H groups in total. The molecular weight excluding hydrogens is 312 g/mol. The van der Waals surface area contributed by atoms with Gasteiger partial charge in [-0.2, -0.15) is 0 Å². The third-order valence-electron chi connectivity index (χ3n) is 3.33. The van der Waals surface area contributed by atoms with Gasteiger partial charge in [-0.05, 0) is 34.0 Å². The van der Waals surface area contributed by atoms with Gasteiger partial charge in [0, 0.05) is 6.04 Å². The Morgan fingerprint density at radius 1 is 1.11 bits per heavy atom. The summed E-state index contributed by atoms with van der Waals surface area (Å²) in [6.45, 7) is 2.19. The summed E-state index contributed by atoms with van der Waals surface area (Å²) in [5.41, 5.74) is 6.68. The summed E-state index contributed by atoms with van der Waals surface area (Å²) < 4.78 is 26.6. The number of halogens is 3. The van der Waals surface area contributed by atoms with Crippen LogP contribution in [-0.4, -0.2) is 0 Å². The molecule has 0 spiro atoms. The Hall–Kier alpha value is -0.480. The largest absolute Gasteiger partial charge is 0.324 e. The van der Waals surface area contributed by atoms with Crippen LogP contribution in [-0.2, 0) is 0 Å². The predicted molar refractivity (Wildman–Crippen MR) is 79.0 cm³/mol. The van der Waals surface area contributed by atoms with E-state index in [2.05, 4.69) is 22.9 Å². The Balaban J connectivity index is 2.41. The summed E-state index contributed by atoms with van der Waals surface area (Å²) in [5.74, 6) is -1.70. The fourth-order valence-corrected chi connectivity index (χ4v) is 2.74. The van der Waals surface area contributed by atoms with Crippen molar-refractivity contribution in [3.05, 3.63) is 33.8 Å². The maximum atomic E-state index is 13.4. The van der Waals surface area contributed by atoms with E-state index in [4.69, 9.17) is 5.73 Å². The van der Waals surface area contributed by atoms with E-state index in [9.17, 15) is 8.78 Å². The van der Waals surface area contributed by atoms with E-state index >= 15 is 0 Å². The van der Waals surface area contributed by atoms with Crippen LogP contribution in [0.15, 0.2) is 16.6 Å². The maximum Gasteiger partial charge on any atom is 0.173 e. The highest BCUT2D eigenvalue weighted by Crippen LogP contribution is 2.29. The molecular formula is C15H22BrF2N. The number of nitrogens with two attached hydrogens (primary N) is 1. The number of rotatable bonds is 8. The van der Waals surface area contributed by atoms with Crippen LogP contribution >= 0.6 is 15.9 Å².